The number of allylic oxidation sites excluding steroid dienone is 2. The fourth-order valence-corrected chi connectivity index (χ4v) is 3.89. The molecule has 1 aliphatic carbocycles. The van der Waals surface area contributed by atoms with Crippen LogP contribution in [0.5, 0.6) is 17.2 Å². The van der Waals surface area contributed by atoms with Crippen molar-refractivity contribution in [2.45, 2.75) is 19.9 Å². The van der Waals surface area contributed by atoms with Crippen molar-refractivity contribution < 1.29 is 28.3 Å². The number of carbonyl (C=O) groups is 1. The molecule has 1 heterocycles. The van der Waals surface area contributed by atoms with E-state index >= 15 is 0 Å². The highest BCUT2D eigenvalue weighted by atomic mass is 19.1. The predicted molar refractivity (Wildman–Crippen MR) is 121 cm³/mol. The zero-order valence-corrected chi connectivity index (χ0v) is 18.4. The number of amides is 1. The molecule has 7 nitrogen and oxygen atoms in total. The standard InChI is InChI=1S/C25H23FN2O5/c1-14-19(8-15-9-22(31-2)25(30)23(10-15)32-3)18-5-4-16(26)11-21(18)20(14)12-24(29)27-13-17-6-7-28-33-17/h4-11,30H,12-13H2,1-3H3,(H,27,29)/b19-8-. The van der Waals surface area contributed by atoms with Gasteiger partial charge in [-0.1, -0.05) is 11.2 Å². The lowest BCUT2D eigenvalue weighted by Gasteiger charge is -2.11. The lowest BCUT2D eigenvalue weighted by Crippen LogP contribution is -2.22. The monoisotopic (exact) mass is 450 g/mol. The molecule has 0 unspecified atom stereocenters. The second-order valence-corrected chi connectivity index (χ2v) is 7.56. The van der Waals surface area contributed by atoms with Gasteiger partial charge in [-0.05, 0) is 70.7 Å². The molecule has 1 aromatic heterocycles. The highest BCUT2D eigenvalue weighted by molar-refractivity contribution is 6.08. The van der Waals surface area contributed by atoms with Gasteiger partial charge in [0.2, 0.25) is 11.7 Å². The highest BCUT2D eigenvalue weighted by Gasteiger charge is 2.26. The predicted octanol–water partition coefficient (Wildman–Crippen LogP) is 4.57. The van der Waals surface area contributed by atoms with E-state index in [0.717, 1.165) is 27.8 Å². The number of carbonyl (C=O) groups excluding carboxylic acids is 1. The van der Waals surface area contributed by atoms with Gasteiger partial charge in [0.15, 0.2) is 17.3 Å². The first kappa shape index (κ1) is 22.1. The van der Waals surface area contributed by atoms with E-state index in [0.29, 0.717) is 11.3 Å². The summed E-state index contributed by atoms with van der Waals surface area (Å²) in [6.45, 7) is 2.12. The van der Waals surface area contributed by atoms with Crippen LogP contribution in [0.25, 0.3) is 17.2 Å². The van der Waals surface area contributed by atoms with E-state index in [-0.39, 0.29) is 41.9 Å². The van der Waals surface area contributed by atoms with Gasteiger partial charge in [0.05, 0.1) is 33.4 Å². The smallest absolute Gasteiger partial charge is 0.224 e. The van der Waals surface area contributed by atoms with Gasteiger partial charge in [-0.2, -0.15) is 0 Å². The number of aromatic hydroxyl groups is 1. The maximum atomic E-state index is 14.1. The summed E-state index contributed by atoms with van der Waals surface area (Å²) < 4.78 is 29.6. The molecule has 1 aliphatic rings. The van der Waals surface area contributed by atoms with E-state index in [1.165, 1.54) is 32.5 Å². The highest BCUT2D eigenvalue weighted by Crippen LogP contribution is 2.45. The topological polar surface area (TPSA) is 93.8 Å². The Balaban J connectivity index is 1.70. The number of hydrogen-bond donors (Lipinski definition) is 2. The van der Waals surface area contributed by atoms with Crippen LogP contribution >= 0.6 is 0 Å². The molecule has 0 aliphatic heterocycles. The number of nitrogens with zero attached hydrogens (tertiary/aromatic N) is 1. The first-order chi connectivity index (χ1) is 15.9. The molecular formula is C25H23FN2O5. The van der Waals surface area contributed by atoms with E-state index < -0.39 is 0 Å². The molecule has 170 valence electrons. The van der Waals surface area contributed by atoms with Crippen LogP contribution < -0.4 is 14.8 Å². The van der Waals surface area contributed by atoms with Gasteiger partial charge in [0, 0.05) is 6.07 Å². The van der Waals surface area contributed by atoms with Crippen LogP contribution in [0.4, 0.5) is 4.39 Å². The zero-order valence-electron chi connectivity index (χ0n) is 18.4. The van der Waals surface area contributed by atoms with Gasteiger partial charge in [-0.15, -0.1) is 0 Å². The minimum atomic E-state index is -0.379. The summed E-state index contributed by atoms with van der Waals surface area (Å²) in [6.07, 6.45) is 3.49. The Kier molecular flexibility index (Phi) is 6.17. The molecule has 0 bridgehead atoms. The van der Waals surface area contributed by atoms with Crippen LogP contribution in [0.3, 0.4) is 0 Å². The molecular weight excluding hydrogens is 427 g/mol. The number of benzene rings is 2. The Hall–Kier alpha value is -4.07. The van der Waals surface area contributed by atoms with Crippen LogP contribution in [-0.4, -0.2) is 30.4 Å². The van der Waals surface area contributed by atoms with Crippen LogP contribution in [-0.2, 0) is 11.3 Å². The lowest BCUT2D eigenvalue weighted by molar-refractivity contribution is -0.120. The Morgan fingerprint density at radius 2 is 1.88 bits per heavy atom. The Morgan fingerprint density at radius 3 is 2.52 bits per heavy atom. The molecule has 2 N–H and O–H groups in total. The van der Waals surface area contributed by atoms with Crippen molar-refractivity contribution in [1.82, 2.24) is 10.5 Å². The summed E-state index contributed by atoms with van der Waals surface area (Å²) in [5.41, 5.74) is 4.66. The average molecular weight is 450 g/mol. The number of rotatable bonds is 7. The van der Waals surface area contributed by atoms with Crippen LogP contribution in [0, 0.1) is 5.82 Å². The number of ether oxygens (including phenoxy) is 2. The Bertz CT molecular complexity index is 1240. The summed E-state index contributed by atoms with van der Waals surface area (Å²) in [4.78, 5) is 12.6. The van der Waals surface area contributed by atoms with Gasteiger partial charge in [0.25, 0.3) is 0 Å². The van der Waals surface area contributed by atoms with E-state index in [4.69, 9.17) is 14.0 Å². The number of phenols is 1. The second-order valence-electron chi connectivity index (χ2n) is 7.56. The number of fused-ring (bicyclic) bond motifs is 1. The molecule has 0 atom stereocenters. The van der Waals surface area contributed by atoms with Crippen molar-refractivity contribution in [3.63, 3.8) is 0 Å². The molecule has 1 amide bonds. The molecule has 8 heteroatoms. The second kappa shape index (κ2) is 9.20. The fraction of sp³-hybridized carbons (Fsp3) is 0.200. The third-order valence-electron chi connectivity index (χ3n) is 5.56. The van der Waals surface area contributed by atoms with Gasteiger partial charge in [0.1, 0.15) is 5.82 Å². The van der Waals surface area contributed by atoms with Crippen molar-refractivity contribution in [2.75, 3.05) is 14.2 Å². The quantitative estimate of drug-likeness (QED) is 0.548. The Morgan fingerprint density at radius 1 is 1.15 bits per heavy atom. The van der Waals surface area contributed by atoms with Crippen molar-refractivity contribution in [2.24, 2.45) is 0 Å². The SMILES string of the molecule is COc1cc(/C=C2/C(C)=C(CC(=O)NCc3ccno3)c3cc(F)ccc32)cc(OC)c1O. The molecule has 3 aromatic rings. The first-order valence-corrected chi connectivity index (χ1v) is 10.2. The van der Waals surface area contributed by atoms with Gasteiger partial charge in [-0.25, -0.2) is 4.39 Å². The van der Waals surface area contributed by atoms with Gasteiger partial charge in [-0.3, -0.25) is 4.79 Å². The number of halogens is 1. The minimum Gasteiger partial charge on any atom is -0.502 e. The molecule has 0 saturated heterocycles. The number of phenolic OH excluding ortho intramolecular Hbond substituents is 1. The number of methoxy groups -OCH3 is 2. The first-order valence-electron chi connectivity index (χ1n) is 10.2. The summed E-state index contributed by atoms with van der Waals surface area (Å²) in [7, 11) is 2.92. The zero-order chi connectivity index (χ0) is 23.5. The molecule has 4 rings (SSSR count). The normalized spacial score (nSPS) is 13.9. The maximum absolute atomic E-state index is 14.1. The third kappa shape index (κ3) is 4.45. The number of nitrogens with one attached hydrogen (secondary N) is 1. The van der Waals surface area contributed by atoms with Crippen molar-refractivity contribution >= 4 is 23.1 Å². The van der Waals surface area contributed by atoms with Gasteiger partial charge >= 0.3 is 0 Å². The molecule has 0 spiro atoms. The van der Waals surface area contributed by atoms with Crippen molar-refractivity contribution in [3.05, 3.63) is 76.4 Å². The van der Waals surface area contributed by atoms with Crippen molar-refractivity contribution in [3.8, 4) is 17.2 Å². The molecule has 0 fully saturated rings. The van der Waals surface area contributed by atoms with Crippen molar-refractivity contribution in [1.29, 1.82) is 0 Å². The largest absolute Gasteiger partial charge is 0.502 e. The summed E-state index contributed by atoms with van der Waals surface area (Å²) in [5.74, 6) is 0.398. The fourth-order valence-electron chi connectivity index (χ4n) is 3.89. The Labute approximate surface area is 190 Å². The molecule has 0 radical (unpaired) electrons. The van der Waals surface area contributed by atoms with Crippen LogP contribution in [0.1, 0.15) is 35.8 Å². The van der Waals surface area contributed by atoms with Crippen LogP contribution in [0.2, 0.25) is 0 Å². The summed E-state index contributed by atoms with van der Waals surface area (Å²) in [6, 6.07) is 9.58. The van der Waals surface area contributed by atoms with Crippen LogP contribution in [0.15, 0.2) is 52.7 Å². The molecule has 0 saturated carbocycles. The average Bonchev–Trinajstić information content (AvgIpc) is 3.41. The summed E-state index contributed by atoms with van der Waals surface area (Å²) >= 11 is 0. The third-order valence-corrected chi connectivity index (χ3v) is 5.56. The van der Waals surface area contributed by atoms with Gasteiger partial charge < -0.3 is 24.4 Å². The van der Waals surface area contributed by atoms with E-state index in [9.17, 15) is 14.3 Å². The van der Waals surface area contributed by atoms with E-state index in [1.54, 1.807) is 24.3 Å². The minimum absolute atomic E-state index is 0.0793. The van der Waals surface area contributed by atoms with E-state index in [2.05, 4.69) is 10.5 Å². The number of hydrogen-bond acceptors (Lipinski definition) is 6. The molecule has 2 aromatic carbocycles. The lowest BCUT2D eigenvalue weighted by atomic mass is 10.00. The maximum Gasteiger partial charge on any atom is 0.224 e. The molecule has 33 heavy (non-hydrogen) atoms. The van der Waals surface area contributed by atoms with E-state index in [1.807, 2.05) is 13.0 Å². The summed E-state index contributed by atoms with van der Waals surface area (Å²) in [5, 5.41) is 16.6. The number of aromatic nitrogens is 1.